The fourth-order valence-electron chi connectivity index (χ4n) is 3.65. The fraction of sp³-hybridized carbons (Fsp3) is 0.409. The molecule has 1 aromatic carbocycles. The molecule has 0 unspecified atom stereocenters. The van der Waals surface area contributed by atoms with Crippen LogP contribution in [-0.4, -0.2) is 56.2 Å². The molecule has 11 heteroatoms. The average Bonchev–Trinajstić information content (AvgIpc) is 3.17. The lowest BCUT2D eigenvalue weighted by atomic mass is 10.2. The number of aryl methyl sites for hydroxylation is 1. The van der Waals surface area contributed by atoms with Gasteiger partial charge in [-0.25, -0.2) is 13.4 Å². The summed E-state index contributed by atoms with van der Waals surface area (Å²) in [7, 11) is -0.218. The van der Waals surface area contributed by atoms with E-state index in [-0.39, 0.29) is 4.90 Å². The highest BCUT2D eigenvalue weighted by molar-refractivity contribution is 7.92. The van der Waals surface area contributed by atoms with Crippen LogP contribution in [0, 0.1) is 13.8 Å². The quantitative estimate of drug-likeness (QED) is 0.545. The van der Waals surface area contributed by atoms with Crippen LogP contribution in [0.15, 0.2) is 39.9 Å². The Bertz CT molecular complexity index is 1240. The molecule has 2 aromatic heterocycles. The number of rotatable bonds is 7. The van der Waals surface area contributed by atoms with Gasteiger partial charge in [0.1, 0.15) is 11.6 Å². The first-order chi connectivity index (χ1) is 15.8. The van der Waals surface area contributed by atoms with E-state index in [4.69, 9.17) is 14.0 Å². The zero-order chi connectivity index (χ0) is 23.6. The van der Waals surface area contributed by atoms with Gasteiger partial charge in [0.15, 0.2) is 9.84 Å². The fourth-order valence-corrected chi connectivity index (χ4v) is 5.42. The van der Waals surface area contributed by atoms with Crippen LogP contribution in [-0.2, 0) is 14.6 Å². The van der Waals surface area contributed by atoms with Crippen molar-refractivity contribution < 1.29 is 22.4 Å². The van der Waals surface area contributed by atoms with E-state index in [1.165, 1.54) is 13.2 Å². The van der Waals surface area contributed by atoms with E-state index in [0.29, 0.717) is 55.1 Å². The molecule has 1 aliphatic rings. The first-order valence-corrected chi connectivity index (χ1v) is 12.1. The molecule has 0 amide bonds. The second kappa shape index (κ2) is 9.36. The van der Waals surface area contributed by atoms with Gasteiger partial charge in [-0.05, 0) is 44.9 Å². The molecule has 1 aliphatic heterocycles. The zero-order valence-corrected chi connectivity index (χ0v) is 19.8. The summed E-state index contributed by atoms with van der Waals surface area (Å²) in [6.45, 7) is 4.68. The van der Waals surface area contributed by atoms with Gasteiger partial charge in [0.05, 0.1) is 22.9 Å². The van der Waals surface area contributed by atoms with E-state index >= 15 is 0 Å². The van der Waals surface area contributed by atoms with Crippen LogP contribution in [0.1, 0.15) is 24.1 Å². The van der Waals surface area contributed by atoms with Crippen LogP contribution in [0.25, 0.3) is 0 Å². The molecule has 1 saturated heterocycles. The van der Waals surface area contributed by atoms with Gasteiger partial charge >= 0.3 is 0 Å². The van der Waals surface area contributed by atoms with Crippen LogP contribution in [0.2, 0.25) is 0 Å². The molecule has 176 valence electrons. The van der Waals surface area contributed by atoms with Crippen molar-refractivity contribution in [3.63, 3.8) is 0 Å². The average molecular weight is 474 g/mol. The Hall–Kier alpha value is -3.18. The maximum Gasteiger partial charge on any atom is 0.235 e. The number of ether oxygens (including phenoxy) is 2. The topological polar surface area (TPSA) is 120 Å². The Labute approximate surface area is 192 Å². The largest absolute Gasteiger partial charge is 0.497 e. The molecular formula is C22H27N5O5S. The van der Waals surface area contributed by atoms with Crippen LogP contribution >= 0.6 is 0 Å². The van der Waals surface area contributed by atoms with Crippen molar-refractivity contribution in [1.29, 1.82) is 0 Å². The molecule has 1 fully saturated rings. The van der Waals surface area contributed by atoms with Crippen molar-refractivity contribution in [3.05, 3.63) is 41.7 Å². The third-order valence-corrected chi connectivity index (χ3v) is 7.97. The second-order valence-electron chi connectivity index (χ2n) is 7.87. The van der Waals surface area contributed by atoms with Gasteiger partial charge in [-0.3, -0.25) is 4.90 Å². The predicted octanol–water partition coefficient (Wildman–Crippen LogP) is 3.55. The van der Waals surface area contributed by atoms with Crippen molar-refractivity contribution in [3.8, 4) is 5.75 Å². The van der Waals surface area contributed by atoms with Gasteiger partial charge in [-0.2, -0.15) is 4.98 Å². The highest BCUT2D eigenvalue weighted by Crippen LogP contribution is 2.31. The van der Waals surface area contributed by atoms with E-state index in [1.54, 1.807) is 29.3 Å². The summed E-state index contributed by atoms with van der Waals surface area (Å²) in [4.78, 5) is 10.8. The lowest BCUT2D eigenvalue weighted by Crippen LogP contribution is -2.29. The number of hydrogen-bond donors (Lipinski definition) is 1. The Kier molecular flexibility index (Phi) is 6.52. The minimum atomic E-state index is -3.54. The molecule has 33 heavy (non-hydrogen) atoms. The molecule has 0 bridgehead atoms. The van der Waals surface area contributed by atoms with Crippen molar-refractivity contribution in [2.75, 3.05) is 37.6 Å². The van der Waals surface area contributed by atoms with E-state index in [9.17, 15) is 8.42 Å². The van der Waals surface area contributed by atoms with E-state index < -0.39 is 15.1 Å². The van der Waals surface area contributed by atoms with Gasteiger partial charge in [-0.1, -0.05) is 5.16 Å². The number of aromatic nitrogens is 3. The van der Waals surface area contributed by atoms with E-state index in [2.05, 4.69) is 20.4 Å². The molecule has 0 radical (unpaired) electrons. The summed E-state index contributed by atoms with van der Waals surface area (Å²) < 4.78 is 42.5. The summed E-state index contributed by atoms with van der Waals surface area (Å²) in [5.41, 5.74) is 2.23. The maximum atomic E-state index is 13.2. The molecule has 1 N–H and O–H groups in total. The number of methoxy groups -OCH3 is 1. The number of nitrogens with one attached hydrogen (secondary N) is 1. The van der Waals surface area contributed by atoms with Gasteiger partial charge in [0.25, 0.3) is 0 Å². The Morgan fingerprint density at radius 3 is 2.61 bits per heavy atom. The maximum absolute atomic E-state index is 13.2. The van der Waals surface area contributed by atoms with Gasteiger partial charge < -0.3 is 19.3 Å². The first-order valence-electron chi connectivity index (χ1n) is 10.6. The van der Waals surface area contributed by atoms with Crippen LogP contribution in [0.5, 0.6) is 5.75 Å². The summed E-state index contributed by atoms with van der Waals surface area (Å²) in [6, 6.07) is 6.56. The van der Waals surface area contributed by atoms with Crippen LogP contribution < -0.4 is 15.0 Å². The lowest BCUT2D eigenvalue weighted by Gasteiger charge is -2.22. The third-order valence-electron chi connectivity index (χ3n) is 5.73. The molecule has 0 atom stereocenters. The second-order valence-corrected chi connectivity index (χ2v) is 10.1. The molecule has 10 nitrogen and oxygen atoms in total. The molecular weight excluding hydrogens is 446 g/mol. The first kappa shape index (κ1) is 23.0. The summed E-state index contributed by atoms with van der Waals surface area (Å²) in [6.07, 6.45) is 2.56. The molecule has 0 spiro atoms. The minimum absolute atomic E-state index is 0.192. The SMILES string of the molecule is COc1cc(Nc2nccc(N(C)c3onc(C)c3C)n2)cc(S(=O)(=O)C2CCOCC2)c1. The Morgan fingerprint density at radius 1 is 1.18 bits per heavy atom. The Morgan fingerprint density at radius 2 is 1.94 bits per heavy atom. The smallest absolute Gasteiger partial charge is 0.235 e. The van der Waals surface area contributed by atoms with Gasteiger partial charge in [0.2, 0.25) is 11.8 Å². The number of hydrogen-bond acceptors (Lipinski definition) is 10. The number of sulfone groups is 1. The molecule has 3 aromatic rings. The van der Waals surface area contributed by atoms with Crippen molar-refractivity contribution in [2.24, 2.45) is 0 Å². The molecule has 0 aliphatic carbocycles. The van der Waals surface area contributed by atoms with Crippen molar-refractivity contribution >= 4 is 33.2 Å². The van der Waals surface area contributed by atoms with Crippen molar-refractivity contribution in [1.82, 2.24) is 15.1 Å². The van der Waals surface area contributed by atoms with Crippen LogP contribution in [0.3, 0.4) is 0 Å². The normalized spacial score (nSPS) is 14.8. The monoisotopic (exact) mass is 473 g/mol. The zero-order valence-electron chi connectivity index (χ0n) is 19.0. The van der Waals surface area contributed by atoms with E-state index in [1.807, 2.05) is 20.9 Å². The summed E-state index contributed by atoms with van der Waals surface area (Å²) >= 11 is 0. The van der Waals surface area contributed by atoms with Crippen LogP contribution in [0.4, 0.5) is 23.3 Å². The molecule has 4 rings (SSSR count). The minimum Gasteiger partial charge on any atom is -0.497 e. The highest BCUT2D eigenvalue weighted by atomic mass is 32.2. The van der Waals surface area contributed by atoms with E-state index in [0.717, 1.165) is 11.3 Å². The third kappa shape index (κ3) is 4.79. The lowest BCUT2D eigenvalue weighted by molar-refractivity contribution is 0.0983. The molecule has 3 heterocycles. The standard InChI is InChI=1S/C22H27N5O5S/c1-14-15(2)26-32-21(14)27(3)20-5-8-23-22(25-20)24-16-11-17(30-4)13-19(12-16)33(28,29)18-6-9-31-10-7-18/h5,8,11-13,18H,6-7,9-10H2,1-4H3,(H,23,24,25). The summed E-state index contributed by atoms with van der Waals surface area (Å²) in [5, 5.41) is 6.61. The highest BCUT2D eigenvalue weighted by Gasteiger charge is 2.30. The Balaban J connectivity index is 1.62. The summed E-state index contributed by atoms with van der Waals surface area (Å²) in [5.74, 6) is 1.90. The number of anilines is 4. The van der Waals surface area contributed by atoms with Gasteiger partial charge in [-0.15, -0.1) is 0 Å². The number of benzene rings is 1. The number of nitrogens with zero attached hydrogens (tertiary/aromatic N) is 4. The van der Waals surface area contributed by atoms with Gasteiger partial charge in [0, 0.05) is 43.8 Å². The van der Waals surface area contributed by atoms with Crippen molar-refractivity contribution in [2.45, 2.75) is 36.8 Å². The molecule has 0 saturated carbocycles. The predicted molar refractivity (Wildman–Crippen MR) is 123 cm³/mol.